The van der Waals surface area contributed by atoms with Crippen molar-refractivity contribution in [2.24, 2.45) is 0 Å². The fraction of sp³-hybridized carbons (Fsp3) is 0.389. The molecular formula is C18H22N6O2. The molecule has 3 heterocycles. The van der Waals surface area contributed by atoms with Crippen LogP contribution in [0.5, 0.6) is 0 Å². The van der Waals surface area contributed by atoms with Crippen molar-refractivity contribution in [3.05, 3.63) is 42.4 Å². The maximum absolute atomic E-state index is 12.0. The highest BCUT2D eigenvalue weighted by Gasteiger charge is 2.21. The number of carbonyl (C=O) groups excluding carboxylic acids is 1. The highest BCUT2D eigenvalue weighted by molar-refractivity contribution is 5.92. The van der Waals surface area contributed by atoms with Crippen molar-refractivity contribution in [3.63, 3.8) is 0 Å². The van der Waals surface area contributed by atoms with Crippen molar-refractivity contribution in [2.45, 2.75) is 39.5 Å². The zero-order chi connectivity index (χ0) is 18.7. The maximum Gasteiger partial charge on any atom is 0.271 e. The first-order chi connectivity index (χ1) is 12.4. The van der Waals surface area contributed by atoms with Gasteiger partial charge in [-0.15, -0.1) is 0 Å². The molecule has 136 valence electrons. The van der Waals surface area contributed by atoms with E-state index in [-0.39, 0.29) is 11.3 Å². The first kappa shape index (κ1) is 17.8. The Kier molecular flexibility index (Phi) is 4.83. The van der Waals surface area contributed by atoms with Gasteiger partial charge in [-0.05, 0) is 18.6 Å². The minimum absolute atomic E-state index is 0.192. The number of pyridine rings is 1. The van der Waals surface area contributed by atoms with Gasteiger partial charge in [0.15, 0.2) is 5.82 Å². The molecular weight excluding hydrogens is 332 g/mol. The zero-order valence-corrected chi connectivity index (χ0v) is 15.4. The van der Waals surface area contributed by atoms with Crippen LogP contribution in [0, 0.1) is 0 Å². The number of nitrogens with zero attached hydrogens (tertiary/aromatic N) is 5. The van der Waals surface area contributed by atoms with Gasteiger partial charge in [0.2, 0.25) is 0 Å². The lowest BCUT2D eigenvalue weighted by molar-refractivity contribution is 0.0949. The van der Waals surface area contributed by atoms with Crippen LogP contribution in [0.2, 0.25) is 0 Å². The van der Waals surface area contributed by atoms with Crippen LogP contribution in [-0.4, -0.2) is 37.1 Å². The Balaban J connectivity index is 1.85. The molecule has 0 radical (unpaired) electrons. The first-order valence-electron chi connectivity index (χ1n) is 8.51. The van der Waals surface area contributed by atoms with Crippen LogP contribution in [0.3, 0.4) is 0 Å². The topological polar surface area (TPSA) is 98.7 Å². The Morgan fingerprint density at radius 3 is 2.81 bits per heavy atom. The van der Waals surface area contributed by atoms with Crippen LogP contribution in [-0.2, 0) is 5.41 Å². The van der Waals surface area contributed by atoms with Crippen LogP contribution in [0.1, 0.15) is 50.4 Å². The van der Waals surface area contributed by atoms with E-state index in [4.69, 9.17) is 4.52 Å². The third-order valence-corrected chi connectivity index (χ3v) is 3.70. The molecule has 0 aliphatic heterocycles. The molecule has 3 rings (SSSR count). The maximum atomic E-state index is 12.0. The number of amides is 1. The molecule has 0 aliphatic rings. The van der Waals surface area contributed by atoms with Crippen LogP contribution in [0.25, 0.3) is 17.3 Å². The van der Waals surface area contributed by atoms with Gasteiger partial charge in [-0.25, -0.2) is 9.97 Å². The van der Waals surface area contributed by atoms with E-state index in [9.17, 15) is 4.79 Å². The fourth-order valence-electron chi connectivity index (χ4n) is 2.23. The van der Waals surface area contributed by atoms with E-state index >= 15 is 0 Å². The average Bonchev–Trinajstić information content (AvgIpc) is 3.29. The normalized spacial score (nSPS) is 11.5. The predicted molar refractivity (Wildman–Crippen MR) is 96.0 cm³/mol. The third kappa shape index (κ3) is 3.79. The van der Waals surface area contributed by atoms with Crippen molar-refractivity contribution in [2.75, 3.05) is 6.54 Å². The van der Waals surface area contributed by atoms with E-state index in [1.165, 1.54) is 0 Å². The molecule has 0 bridgehead atoms. The number of hydrogen-bond donors (Lipinski definition) is 1. The summed E-state index contributed by atoms with van der Waals surface area (Å²) < 4.78 is 7.06. The molecule has 8 heteroatoms. The lowest BCUT2D eigenvalue weighted by Crippen LogP contribution is -2.24. The van der Waals surface area contributed by atoms with E-state index < -0.39 is 0 Å². The van der Waals surface area contributed by atoms with E-state index in [0.717, 1.165) is 12.0 Å². The molecule has 0 fully saturated rings. The summed E-state index contributed by atoms with van der Waals surface area (Å²) in [7, 11) is 0. The predicted octanol–water partition coefficient (Wildman–Crippen LogP) is 2.75. The third-order valence-electron chi connectivity index (χ3n) is 3.70. The van der Waals surface area contributed by atoms with Gasteiger partial charge in [-0.2, -0.15) is 4.98 Å². The standard InChI is InChI=1S/C18H22N6O2/c1-5-7-20-15(25)13-10-24(11-21-13)14-9-12(6-8-19-14)16-22-17(23-26-16)18(2,3)4/h6,8-11H,5,7H2,1-4H3,(H,20,25). The molecule has 0 spiro atoms. The van der Waals surface area contributed by atoms with Crippen molar-refractivity contribution >= 4 is 5.91 Å². The first-order valence-corrected chi connectivity index (χ1v) is 8.51. The van der Waals surface area contributed by atoms with E-state index in [2.05, 4.69) is 25.4 Å². The molecule has 0 saturated carbocycles. The molecule has 0 aromatic carbocycles. The van der Waals surface area contributed by atoms with Gasteiger partial charge in [0.1, 0.15) is 17.8 Å². The second-order valence-electron chi connectivity index (χ2n) is 7.00. The monoisotopic (exact) mass is 354 g/mol. The summed E-state index contributed by atoms with van der Waals surface area (Å²) in [5.41, 5.74) is 0.907. The van der Waals surface area contributed by atoms with Crippen molar-refractivity contribution < 1.29 is 9.32 Å². The van der Waals surface area contributed by atoms with Gasteiger partial charge in [-0.1, -0.05) is 32.9 Å². The summed E-state index contributed by atoms with van der Waals surface area (Å²) in [5, 5.41) is 6.84. The second-order valence-corrected chi connectivity index (χ2v) is 7.00. The summed E-state index contributed by atoms with van der Waals surface area (Å²) in [4.78, 5) is 24.9. The molecule has 1 N–H and O–H groups in total. The fourth-order valence-corrected chi connectivity index (χ4v) is 2.23. The molecule has 1 amide bonds. The SMILES string of the molecule is CCCNC(=O)c1cn(-c2cc(-c3nc(C(C)(C)C)no3)ccn2)cn1. The minimum Gasteiger partial charge on any atom is -0.351 e. The molecule has 0 saturated heterocycles. The summed E-state index contributed by atoms with van der Waals surface area (Å²) >= 11 is 0. The second kappa shape index (κ2) is 7.07. The van der Waals surface area contributed by atoms with Crippen molar-refractivity contribution in [1.82, 2.24) is 30.0 Å². The number of nitrogens with one attached hydrogen (secondary N) is 1. The Hall–Kier alpha value is -3.03. The summed E-state index contributed by atoms with van der Waals surface area (Å²) in [6.07, 6.45) is 5.73. The number of imidazole rings is 1. The number of hydrogen-bond acceptors (Lipinski definition) is 6. The van der Waals surface area contributed by atoms with Crippen molar-refractivity contribution in [1.29, 1.82) is 0 Å². The zero-order valence-electron chi connectivity index (χ0n) is 15.4. The van der Waals surface area contributed by atoms with Crippen LogP contribution in [0.4, 0.5) is 0 Å². The van der Waals surface area contributed by atoms with Crippen molar-refractivity contribution in [3.8, 4) is 17.3 Å². The largest absolute Gasteiger partial charge is 0.351 e. The smallest absolute Gasteiger partial charge is 0.271 e. The lowest BCUT2D eigenvalue weighted by Gasteiger charge is -2.10. The van der Waals surface area contributed by atoms with Gasteiger partial charge in [-0.3, -0.25) is 9.36 Å². The van der Waals surface area contributed by atoms with Crippen LogP contribution < -0.4 is 5.32 Å². The molecule has 3 aromatic heterocycles. The Bertz CT molecular complexity index is 906. The lowest BCUT2D eigenvalue weighted by atomic mass is 9.96. The quantitative estimate of drug-likeness (QED) is 0.756. The minimum atomic E-state index is -0.200. The number of aromatic nitrogens is 5. The van der Waals surface area contributed by atoms with Gasteiger partial charge in [0, 0.05) is 29.9 Å². The average molecular weight is 354 g/mol. The number of rotatable bonds is 5. The van der Waals surface area contributed by atoms with E-state index in [1.54, 1.807) is 29.4 Å². The summed E-state index contributed by atoms with van der Waals surface area (Å²) in [6.45, 7) is 8.69. The summed E-state index contributed by atoms with van der Waals surface area (Å²) in [5.74, 6) is 1.48. The highest BCUT2D eigenvalue weighted by atomic mass is 16.5. The van der Waals surface area contributed by atoms with Gasteiger partial charge >= 0.3 is 0 Å². The van der Waals surface area contributed by atoms with Crippen LogP contribution >= 0.6 is 0 Å². The van der Waals surface area contributed by atoms with Gasteiger partial charge in [0.25, 0.3) is 11.8 Å². The molecule has 0 unspecified atom stereocenters. The van der Waals surface area contributed by atoms with E-state index in [1.807, 2.05) is 33.8 Å². The van der Waals surface area contributed by atoms with Crippen LogP contribution in [0.15, 0.2) is 35.4 Å². The Labute approximate surface area is 151 Å². The number of carbonyl (C=O) groups is 1. The molecule has 0 aliphatic carbocycles. The highest BCUT2D eigenvalue weighted by Crippen LogP contribution is 2.24. The van der Waals surface area contributed by atoms with E-state index in [0.29, 0.717) is 29.8 Å². The summed E-state index contributed by atoms with van der Waals surface area (Å²) in [6, 6.07) is 3.62. The Morgan fingerprint density at radius 2 is 2.12 bits per heavy atom. The molecule has 26 heavy (non-hydrogen) atoms. The van der Waals surface area contributed by atoms with Gasteiger partial charge < -0.3 is 9.84 Å². The Morgan fingerprint density at radius 1 is 1.31 bits per heavy atom. The van der Waals surface area contributed by atoms with Gasteiger partial charge in [0.05, 0.1) is 0 Å². The molecule has 8 nitrogen and oxygen atoms in total. The molecule has 3 aromatic rings. The molecule has 0 atom stereocenters.